The number of nitrogens with zero attached hydrogens (tertiary/aromatic N) is 2. The van der Waals surface area contributed by atoms with E-state index in [-0.39, 0.29) is 28.1 Å². The molecule has 2 atom stereocenters. The van der Waals surface area contributed by atoms with Gasteiger partial charge in [0.15, 0.2) is 0 Å². The summed E-state index contributed by atoms with van der Waals surface area (Å²) in [5.41, 5.74) is -0.201. The monoisotopic (exact) mass is 396 g/mol. The summed E-state index contributed by atoms with van der Waals surface area (Å²) in [6, 6.07) is 3.26. The zero-order valence-electron chi connectivity index (χ0n) is 15.2. The van der Waals surface area contributed by atoms with Crippen molar-refractivity contribution < 1.29 is 18.1 Å². The van der Waals surface area contributed by atoms with E-state index in [1.807, 2.05) is 6.92 Å². The zero-order chi connectivity index (χ0) is 19.6. The summed E-state index contributed by atoms with van der Waals surface area (Å²) in [5.74, 6) is 0.0452. The maximum atomic E-state index is 12.9. The van der Waals surface area contributed by atoms with Gasteiger partial charge in [-0.05, 0) is 43.7 Å². The number of sulfonamides is 1. The largest absolute Gasteiger partial charge is 0.368 e. The molecule has 0 bridgehead atoms. The van der Waals surface area contributed by atoms with Crippen LogP contribution in [0.1, 0.15) is 32.6 Å². The fourth-order valence-corrected chi connectivity index (χ4v) is 5.18. The smallest absolute Gasteiger partial charge is 0.293 e. The highest BCUT2D eigenvalue weighted by Gasteiger charge is 2.31. The Bertz CT molecular complexity index is 842. The highest BCUT2D eigenvalue weighted by Crippen LogP contribution is 2.31. The number of nitro benzene ring substituents is 1. The highest BCUT2D eigenvalue weighted by atomic mass is 32.2. The third-order valence-corrected chi connectivity index (χ3v) is 6.90. The van der Waals surface area contributed by atoms with Crippen molar-refractivity contribution in [3.05, 3.63) is 28.3 Å². The Morgan fingerprint density at radius 3 is 2.74 bits per heavy atom. The average molecular weight is 396 g/mol. The van der Waals surface area contributed by atoms with Crippen molar-refractivity contribution in [3.63, 3.8) is 0 Å². The van der Waals surface area contributed by atoms with E-state index in [4.69, 9.17) is 0 Å². The Labute approximate surface area is 158 Å². The summed E-state index contributed by atoms with van der Waals surface area (Å²) in [5, 5.41) is 17.1. The zero-order valence-corrected chi connectivity index (χ0v) is 16.0. The molecule has 2 fully saturated rings. The number of rotatable bonds is 5. The van der Waals surface area contributed by atoms with Gasteiger partial charge in [-0.3, -0.25) is 14.9 Å². The van der Waals surface area contributed by atoms with Crippen molar-refractivity contribution in [1.29, 1.82) is 0 Å². The number of carbonyl (C=O) groups is 1. The molecule has 2 saturated heterocycles. The molecule has 2 aliphatic rings. The number of nitro groups is 1. The van der Waals surface area contributed by atoms with Crippen LogP contribution in [0.4, 0.5) is 11.4 Å². The summed E-state index contributed by atoms with van der Waals surface area (Å²) in [6.07, 6.45) is 3.09. The second kappa shape index (κ2) is 7.81. The Hall–Kier alpha value is -2.20. The minimum atomic E-state index is -3.79. The first-order valence-electron chi connectivity index (χ1n) is 9.12. The van der Waals surface area contributed by atoms with Crippen molar-refractivity contribution in [2.45, 2.75) is 43.5 Å². The summed E-state index contributed by atoms with van der Waals surface area (Å²) in [6.45, 7) is 3.41. The number of hydrogen-bond acceptors (Lipinski definition) is 6. The maximum absolute atomic E-state index is 12.9. The quantitative estimate of drug-likeness (QED) is 0.577. The lowest BCUT2D eigenvalue weighted by atomic mass is 10.0. The Morgan fingerprint density at radius 1 is 1.30 bits per heavy atom. The third-order valence-electron chi connectivity index (χ3n) is 5.04. The second-order valence-corrected chi connectivity index (χ2v) is 9.11. The van der Waals surface area contributed by atoms with Gasteiger partial charge in [0.1, 0.15) is 11.7 Å². The Balaban J connectivity index is 1.89. The molecule has 2 N–H and O–H groups in total. The van der Waals surface area contributed by atoms with Crippen LogP contribution in [-0.2, 0) is 14.8 Å². The molecule has 1 aromatic rings. The molecule has 0 spiro atoms. The number of hydrogen-bond donors (Lipinski definition) is 2. The first-order valence-corrected chi connectivity index (χ1v) is 10.6. The van der Waals surface area contributed by atoms with Crippen molar-refractivity contribution in [3.8, 4) is 0 Å². The van der Waals surface area contributed by atoms with Crippen molar-refractivity contribution >= 4 is 27.3 Å². The molecule has 27 heavy (non-hydrogen) atoms. The first kappa shape index (κ1) is 19.6. The minimum absolute atomic E-state index is 0.0954. The number of nitrogens with one attached hydrogen (secondary N) is 2. The normalized spacial score (nSPS) is 24.3. The molecule has 2 heterocycles. The molecule has 9 nitrogen and oxygen atoms in total. The van der Waals surface area contributed by atoms with Crippen LogP contribution in [0.5, 0.6) is 0 Å². The molecule has 0 saturated carbocycles. The Kier molecular flexibility index (Phi) is 5.66. The molecule has 0 aliphatic carbocycles. The van der Waals surface area contributed by atoms with Gasteiger partial charge in [-0.15, -0.1) is 0 Å². The number of carbonyl (C=O) groups excluding carboxylic acids is 1. The molecule has 0 unspecified atom stereocenters. The van der Waals surface area contributed by atoms with Crippen LogP contribution < -0.4 is 10.6 Å². The van der Waals surface area contributed by atoms with E-state index in [0.717, 1.165) is 25.3 Å². The lowest BCUT2D eigenvalue weighted by Gasteiger charge is -2.30. The summed E-state index contributed by atoms with van der Waals surface area (Å²) in [4.78, 5) is 22.7. The maximum Gasteiger partial charge on any atom is 0.293 e. The van der Waals surface area contributed by atoms with Gasteiger partial charge in [0.05, 0.1) is 9.82 Å². The predicted molar refractivity (Wildman–Crippen MR) is 99.9 cm³/mol. The van der Waals surface area contributed by atoms with Crippen LogP contribution in [0.15, 0.2) is 23.1 Å². The summed E-state index contributed by atoms with van der Waals surface area (Å²) < 4.78 is 27.2. The van der Waals surface area contributed by atoms with Gasteiger partial charge < -0.3 is 10.6 Å². The fraction of sp³-hybridized carbons (Fsp3) is 0.588. The van der Waals surface area contributed by atoms with E-state index < -0.39 is 21.0 Å². The van der Waals surface area contributed by atoms with Crippen molar-refractivity contribution in [2.24, 2.45) is 5.92 Å². The van der Waals surface area contributed by atoms with E-state index in [1.165, 1.54) is 16.4 Å². The molecular formula is C17H24N4O5S. The average Bonchev–Trinajstić information content (AvgIpc) is 2.63. The molecule has 1 aromatic carbocycles. The standard InChI is InChI=1S/C17H24N4O5S/c1-12-4-3-9-20(11-12)27(25,26)13-6-7-14(16(10-13)21(23)24)19-15-5-2-8-18-17(15)22/h6-7,10,12,15,19H,2-5,8-9,11H2,1H3,(H,18,22)/t12-,15+/m0/s1. The van der Waals surface area contributed by atoms with Gasteiger partial charge in [-0.2, -0.15) is 4.31 Å². The third kappa shape index (κ3) is 4.22. The summed E-state index contributed by atoms with van der Waals surface area (Å²) >= 11 is 0. The number of piperidine rings is 2. The molecular weight excluding hydrogens is 372 g/mol. The van der Waals surface area contributed by atoms with Crippen LogP contribution in [0.3, 0.4) is 0 Å². The van der Waals surface area contributed by atoms with Gasteiger partial charge in [0, 0.05) is 25.7 Å². The van der Waals surface area contributed by atoms with Crippen LogP contribution in [-0.4, -0.2) is 49.2 Å². The SMILES string of the molecule is C[C@H]1CCCN(S(=O)(=O)c2ccc(N[C@@H]3CCCNC3=O)c([N+](=O)[O-])c2)C1. The molecule has 2 aliphatic heterocycles. The Morgan fingerprint density at radius 2 is 2.07 bits per heavy atom. The van der Waals surface area contributed by atoms with Crippen LogP contribution in [0.25, 0.3) is 0 Å². The topological polar surface area (TPSA) is 122 Å². The lowest BCUT2D eigenvalue weighted by Crippen LogP contribution is -2.44. The molecule has 10 heteroatoms. The molecule has 1 amide bonds. The molecule has 0 radical (unpaired) electrons. The van der Waals surface area contributed by atoms with Gasteiger partial charge in [-0.25, -0.2) is 8.42 Å². The number of anilines is 1. The van der Waals surface area contributed by atoms with Gasteiger partial charge in [0.2, 0.25) is 15.9 Å². The van der Waals surface area contributed by atoms with E-state index in [9.17, 15) is 23.3 Å². The van der Waals surface area contributed by atoms with E-state index in [2.05, 4.69) is 10.6 Å². The van der Waals surface area contributed by atoms with Gasteiger partial charge >= 0.3 is 0 Å². The lowest BCUT2D eigenvalue weighted by molar-refractivity contribution is -0.384. The van der Waals surface area contributed by atoms with E-state index in [0.29, 0.717) is 26.1 Å². The second-order valence-electron chi connectivity index (χ2n) is 7.18. The van der Waals surface area contributed by atoms with Crippen molar-refractivity contribution in [1.82, 2.24) is 9.62 Å². The molecule has 3 rings (SSSR count). The fourth-order valence-electron chi connectivity index (χ4n) is 3.56. The molecule has 0 aromatic heterocycles. The number of benzene rings is 1. The van der Waals surface area contributed by atoms with Crippen LogP contribution in [0, 0.1) is 16.0 Å². The van der Waals surface area contributed by atoms with E-state index in [1.54, 1.807) is 0 Å². The van der Waals surface area contributed by atoms with Gasteiger partial charge in [0.25, 0.3) is 5.69 Å². The van der Waals surface area contributed by atoms with E-state index >= 15 is 0 Å². The van der Waals surface area contributed by atoms with Crippen LogP contribution >= 0.6 is 0 Å². The molecule has 148 valence electrons. The van der Waals surface area contributed by atoms with Crippen molar-refractivity contribution in [2.75, 3.05) is 25.0 Å². The predicted octanol–water partition coefficient (Wildman–Crippen LogP) is 1.71. The first-order chi connectivity index (χ1) is 12.8. The van der Waals surface area contributed by atoms with Gasteiger partial charge in [-0.1, -0.05) is 6.92 Å². The summed E-state index contributed by atoms with van der Waals surface area (Å²) in [7, 11) is -3.79. The number of amides is 1. The van der Waals surface area contributed by atoms with Crippen LogP contribution in [0.2, 0.25) is 0 Å². The highest BCUT2D eigenvalue weighted by molar-refractivity contribution is 7.89. The minimum Gasteiger partial charge on any atom is -0.368 e.